The van der Waals surface area contributed by atoms with Gasteiger partial charge in [-0.15, -0.1) is 0 Å². The second-order valence-electron chi connectivity index (χ2n) is 9.62. The quantitative estimate of drug-likeness (QED) is 0.503. The van der Waals surface area contributed by atoms with Crippen molar-refractivity contribution in [3.05, 3.63) is 59.5 Å². The molecule has 0 saturated heterocycles. The van der Waals surface area contributed by atoms with E-state index in [1.807, 2.05) is 25.1 Å². The lowest BCUT2D eigenvalue weighted by Crippen LogP contribution is -2.41. The van der Waals surface area contributed by atoms with E-state index in [-0.39, 0.29) is 35.1 Å². The van der Waals surface area contributed by atoms with Gasteiger partial charge in [0.1, 0.15) is 17.5 Å². The first kappa shape index (κ1) is 20.5. The summed E-state index contributed by atoms with van der Waals surface area (Å²) in [5.41, 5.74) is 2.75. The van der Waals surface area contributed by atoms with E-state index in [1.165, 1.54) is 18.3 Å². The smallest absolute Gasteiger partial charge is 0.238 e. The summed E-state index contributed by atoms with van der Waals surface area (Å²) < 4.78 is 19.4. The van der Waals surface area contributed by atoms with Gasteiger partial charge in [-0.25, -0.2) is 14.4 Å². The highest BCUT2D eigenvalue weighted by molar-refractivity contribution is 6.16. The summed E-state index contributed by atoms with van der Waals surface area (Å²) in [7, 11) is 0. The summed E-state index contributed by atoms with van der Waals surface area (Å²) in [6, 6.07) is 9.81. The number of rotatable bonds is 4. The van der Waals surface area contributed by atoms with Gasteiger partial charge in [0.05, 0.1) is 17.2 Å². The van der Waals surface area contributed by atoms with Crippen LogP contribution in [0.2, 0.25) is 0 Å². The molecule has 4 aliphatic rings. The van der Waals surface area contributed by atoms with Crippen LogP contribution >= 0.6 is 0 Å². The van der Waals surface area contributed by atoms with Crippen molar-refractivity contribution in [3.8, 4) is 11.6 Å². The van der Waals surface area contributed by atoms with Gasteiger partial charge in [0, 0.05) is 17.9 Å². The largest absolute Gasteiger partial charge is 0.437 e. The zero-order valence-electron chi connectivity index (χ0n) is 18.5. The van der Waals surface area contributed by atoms with E-state index >= 15 is 0 Å². The number of aryl methyl sites for hydroxylation is 1. The molecule has 2 bridgehead atoms. The van der Waals surface area contributed by atoms with Gasteiger partial charge in [-0.2, -0.15) is 0 Å². The van der Waals surface area contributed by atoms with Crippen LogP contribution in [-0.4, -0.2) is 21.5 Å². The maximum Gasteiger partial charge on any atom is 0.238 e. The summed E-state index contributed by atoms with van der Waals surface area (Å²) in [5, 5.41) is 0. The average molecular weight is 445 g/mol. The first-order chi connectivity index (χ1) is 16.0. The number of benzene rings is 2. The number of carbonyl (C=O) groups is 2. The number of aromatic nitrogens is 2. The second-order valence-corrected chi connectivity index (χ2v) is 9.62. The average Bonchev–Trinajstić information content (AvgIpc) is 3.12. The number of ether oxygens (including phenoxy) is 1. The monoisotopic (exact) mass is 444 g/mol. The summed E-state index contributed by atoms with van der Waals surface area (Å²) in [6.45, 7) is 2.04. The van der Waals surface area contributed by atoms with Gasteiger partial charge in [-0.1, -0.05) is 13.0 Å². The standard InChI is InChI=1S/C27H25FN2O3/c1-2-14-7-9-18(33-22-13-29-21-11-17(28)8-10-20(21)30-22)12-19(14)25-26(31)23-15-3-4-16(6-5-15)24(23)27(25)32/h7-13,15-16,23-25H,2-6H2,1H3. The number of Topliss-reactive ketones (excluding diaryl/α,β-unsaturated/α-hetero) is 2. The van der Waals surface area contributed by atoms with Crippen molar-refractivity contribution in [2.24, 2.45) is 23.7 Å². The maximum atomic E-state index is 13.5. The fraction of sp³-hybridized carbons (Fsp3) is 0.407. The minimum absolute atomic E-state index is 0.101. The Morgan fingerprint density at radius 3 is 2.30 bits per heavy atom. The summed E-state index contributed by atoms with van der Waals surface area (Å²) >= 11 is 0. The number of halogens is 1. The third kappa shape index (κ3) is 3.26. The van der Waals surface area contributed by atoms with Gasteiger partial charge in [0.15, 0.2) is 11.6 Å². The summed E-state index contributed by atoms with van der Waals surface area (Å²) in [4.78, 5) is 35.7. The fourth-order valence-corrected chi connectivity index (χ4v) is 6.46. The number of ketones is 2. The highest BCUT2D eigenvalue weighted by Crippen LogP contribution is 2.56. The molecule has 0 spiro atoms. The molecule has 7 rings (SSSR count). The number of carbonyl (C=O) groups excluding carboxylic acids is 2. The summed E-state index contributed by atoms with van der Waals surface area (Å²) in [6.07, 6.45) is 6.49. The minimum atomic E-state index is -0.689. The Kier molecular flexibility index (Phi) is 4.78. The van der Waals surface area contributed by atoms with E-state index in [0.717, 1.165) is 43.2 Å². The van der Waals surface area contributed by atoms with Gasteiger partial charge < -0.3 is 4.74 Å². The van der Waals surface area contributed by atoms with Crippen molar-refractivity contribution < 1.29 is 18.7 Å². The van der Waals surface area contributed by atoms with Crippen LogP contribution in [0.15, 0.2) is 42.6 Å². The van der Waals surface area contributed by atoms with Crippen LogP contribution in [0.25, 0.3) is 11.0 Å². The van der Waals surface area contributed by atoms with Gasteiger partial charge in [-0.05, 0) is 79.3 Å². The van der Waals surface area contributed by atoms with Crippen molar-refractivity contribution in [2.45, 2.75) is 44.9 Å². The van der Waals surface area contributed by atoms with Crippen LogP contribution in [0.5, 0.6) is 11.6 Å². The fourth-order valence-electron chi connectivity index (χ4n) is 6.46. The topological polar surface area (TPSA) is 69.2 Å². The lowest BCUT2D eigenvalue weighted by atomic mass is 9.59. The molecule has 0 radical (unpaired) electrons. The van der Waals surface area contributed by atoms with Crippen molar-refractivity contribution in [3.63, 3.8) is 0 Å². The first-order valence-corrected chi connectivity index (χ1v) is 11.8. The maximum absolute atomic E-state index is 13.5. The van der Waals surface area contributed by atoms with Crippen molar-refractivity contribution in [2.75, 3.05) is 0 Å². The highest BCUT2D eigenvalue weighted by Gasteiger charge is 2.59. The molecule has 0 amide bonds. The molecule has 0 aliphatic heterocycles. The molecule has 1 heterocycles. The van der Waals surface area contributed by atoms with Crippen LogP contribution in [0.4, 0.5) is 4.39 Å². The zero-order chi connectivity index (χ0) is 22.7. The summed E-state index contributed by atoms with van der Waals surface area (Å²) in [5.74, 6) is 0.476. The third-order valence-corrected chi connectivity index (χ3v) is 7.96. The minimum Gasteiger partial charge on any atom is -0.437 e. The Hall–Kier alpha value is -3.15. The number of fused-ring (bicyclic) bond motifs is 3. The molecule has 33 heavy (non-hydrogen) atoms. The van der Waals surface area contributed by atoms with Crippen LogP contribution < -0.4 is 4.74 Å². The van der Waals surface area contributed by atoms with Crippen LogP contribution in [0.1, 0.15) is 49.7 Å². The third-order valence-electron chi connectivity index (χ3n) is 7.96. The molecule has 4 fully saturated rings. The molecule has 4 saturated carbocycles. The van der Waals surface area contributed by atoms with Gasteiger partial charge >= 0.3 is 0 Å². The lowest BCUT2D eigenvalue weighted by Gasteiger charge is -2.43. The van der Waals surface area contributed by atoms with Crippen molar-refractivity contribution >= 4 is 22.6 Å². The van der Waals surface area contributed by atoms with E-state index in [1.54, 1.807) is 6.07 Å². The van der Waals surface area contributed by atoms with Gasteiger partial charge in [0.2, 0.25) is 5.88 Å². The molecule has 4 aliphatic carbocycles. The number of hydrogen-bond donors (Lipinski definition) is 0. The Morgan fingerprint density at radius 2 is 1.64 bits per heavy atom. The van der Waals surface area contributed by atoms with E-state index in [0.29, 0.717) is 28.6 Å². The molecule has 5 nitrogen and oxygen atoms in total. The van der Waals surface area contributed by atoms with Gasteiger partial charge in [0.25, 0.3) is 0 Å². The van der Waals surface area contributed by atoms with E-state index in [2.05, 4.69) is 9.97 Å². The number of hydrogen-bond acceptors (Lipinski definition) is 5. The Morgan fingerprint density at radius 1 is 0.939 bits per heavy atom. The first-order valence-electron chi connectivity index (χ1n) is 11.8. The second kappa shape index (κ2) is 7.72. The highest BCUT2D eigenvalue weighted by atomic mass is 19.1. The molecule has 2 aromatic carbocycles. The van der Waals surface area contributed by atoms with E-state index < -0.39 is 5.92 Å². The Bertz CT molecular complexity index is 1250. The number of nitrogens with zero attached hydrogens (tertiary/aromatic N) is 2. The van der Waals surface area contributed by atoms with Crippen LogP contribution in [-0.2, 0) is 16.0 Å². The molecule has 3 aromatic rings. The van der Waals surface area contributed by atoms with Gasteiger partial charge in [-0.3, -0.25) is 9.59 Å². The Labute approximate surface area is 191 Å². The van der Waals surface area contributed by atoms with Crippen molar-refractivity contribution in [1.82, 2.24) is 9.97 Å². The Balaban J connectivity index is 1.34. The molecule has 2 atom stereocenters. The molecule has 6 heteroatoms. The predicted octanol–water partition coefficient (Wildman–Crippen LogP) is 5.41. The lowest BCUT2D eigenvalue weighted by molar-refractivity contribution is -0.129. The molecular formula is C27H25FN2O3. The molecule has 2 unspecified atom stereocenters. The molecular weight excluding hydrogens is 419 g/mol. The van der Waals surface area contributed by atoms with E-state index in [4.69, 9.17) is 4.74 Å². The van der Waals surface area contributed by atoms with Crippen LogP contribution in [0, 0.1) is 29.5 Å². The van der Waals surface area contributed by atoms with E-state index in [9.17, 15) is 14.0 Å². The molecule has 1 aromatic heterocycles. The van der Waals surface area contributed by atoms with Crippen LogP contribution in [0.3, 0.4) is 0 Å². The SMILES string of the molecule is CCc1ccc(Oc2cnc3cc(F)ccc3n2)cc1C1C(=O)C2C3CCC(CC3)C2C1=O. The molecule has 168 valence electrons. The zero-order valence-corrected chi connectivity index (χ0v) is 18.5. The molecule has 0 N–H and O–H groups in total. The predicted molar refractivity (Wildman–Crippen MR) is 121 cm³/mol. The normalized spacial score (nSPS) is 28.4. The van der Waals surface area contributed by atoms with Crippen molar-refractivity contribution in [1.29, 1.82) is 0 Å².